The number of anilines is 2. The summed E-state index contributed by atoms with van der Waals surface area (Å²) in [4.78, 5) is 30.5. The molecule has 2 aromatic carbocycles. The molecule has 0 aliphatic heterocycles. The monoisotopic (exact) mass is 482 g/mol. The van der Waals surface area contributed by atoms with Crippen LogP contribution in [-0.2, 0) is 11.4 Å². The summed E-state index contributed by atoms with van der Waals surface area (Å²) in [6, 6.07) is 8.86. The van der Waals surface area contributed by atoms with Crippen LogP contribution in [0.4, 0.5) is 10.8 Å². The Hall–Kier alpha value is -3.16. The van der Waals surface area contributed by atoms with Crippen LogP contribution in [-0.4, -0.2) is 10.9 Å². The van der Waals surface area contributed by atoms with Crippen molar-refractivity contribution in [2.24, 2.45) is 0 Å². The standard InChI is InChI=1S/C25H23ClN2O4S/c1-13-6-15(3)24(16(4)7-13)28(17(5)29)25-27-18(12-33-25)11-31-22-10-21-19(9-20(22)26)14(2)8-23(30)32-21/h6-10,12H,11H2,1-5H3. The molecule has 2 aromatic heterocycles. The van der Waals surface area contributed by atoms with E-state index in [1.54, 1.807) is 17.0 Å². The molecule has 0 fully saturated rings. The zero-order chi connectivity index (χ0) is 23.9. The van der Waals surface area contributed by atoms with Gasteiger partial charge in [0.05, 0.1) is 16.4 Å². The minimum atomic E-state index is -0.427. The SMILES string of the molecule is CC(=O)N(c1nc(COc2cc3oc(=O)cc(C)c3cc2Cl)cs1)c1c(C)cc(C)cc1C. The average molecular weight is 483 g/mol. The number of hydrogen-bond donors (Lipinski definition) is 0. The minimum Gasteiger partial charge on any atom is -0.486 e. The van der Waals surface area contributed by atoms with Gasteiger partial charge in [0, 0.05) is 29.8 Å². The van der Waals surface area contributed by atoms with Crippen molar-refractivity contribution in [2.45, 2.75) is 41.2 Å². The molecule has 1 amide bonds. The number of aryl methyl sites for hydroxylation is 4. The number of benzene rings is 2. The van der Waals surface area contributed by atoms with Crippen LogP contribution >= 0.6 is 22.9 Å². The summed E-state index contributed by atoms with van der Waals surface area (Å²) >= 11 is 7.76. The Bertz CT molecular complexity index is 1420. The summed E-state index contributed by atoms with van der Waals surface area (Å²) < 4.78 is 11.2. The van der Waals surface area contributed by atoms with E-state index in [1.165, 1.54) is 24.3 Å². The molecule has 0 spiro atoms. The van der Waals surface area contributed by atoms with Crippen molar-refractivity contribution in [2.75, 3.05) is 4.90 Å². The van der Waals surface area contributed by atoms with Crippen molar-refractivity contribution in [1.29, 1.82) is 0 Å². The fourth-order valence-electron chi connectivity index (χ4n) is 3.96. The summed E-state index contributed by atoms with van der Waals surface area (Å²) in [7, 11) is 0. The number of ether oxygens (including phenoxy) is 1. The van der Waals surface area contributed by atoms with Crippen LogP contribution in [0.5, 0.6) is 5.75 Å². The molecule has 6 nitrogen and oxygen atoms in total. The van der Waals surface area contributed by atoms with E-state index in [2.05, 4.69) is 17.1 Å². The number of fused-ring (bicyclic) bond motifs is 1. The Balaban J connectivity index is 1.61. The summed E-state index contributed by atoms with van der Waals surface area (Å²) in [5, 5.41) is 3.58. The largest absolute Gasteiger partial charge is 0.486 e. The van der Waals surface area contributed by atoms with Crippen molar-refractivity contribution in [3.05, 3.63) is 79.1 Å². The van der Waals surface area contributed by atoms with E-state index in [1.807, 2.05) is 33.1 Å². The number of rotatable bonds is 5. The number of aromatic nitrogens is 1. The number of carbonyl (C=O) groups excluding carboxylic acids is 1. The Morgan fingerprint density at radius 2 is 1.79 bits per heavy atom. The van der Waals surface area contributed by atoms with Crippen molar-refractivity contribution in [3.63, 3.8) is 0 Å². The van der Waals surface area contributed by atoms with Crippen molar-refractivity contribution >= 4 is 50.6 Å². The second kappa shape index (κ2) is 9.00. The van der Waals surface area contributed by atoms with Gasteiger partial charge in [-0.3, -0.25) is 9.69 Å². The van der Waals surface area contributed by atoms with Gasteiger partial charge in [0.2, 0.25) is 5.91 Å². The summed E-state index contributed by atoms with van der Waals surface area (Å²) in [5.74, 6) is 0.274. The van der Waals surface area contributed by atoms with Gasteiger partial charge in [-0.1, -0.05) is 29.3 Å². The van der Waals surface area contributed by atoms with Gasteiger partial charge < -0.3 is 9.15 Å². The van der Waals surface area contributed by atoms with Crippen LogP contribution in [0.2, 0.25) is 5.02 Å². The molecule has 2 heterocycles. The molecule has 8 heteroatoms. The van der Waals surface area contributed by atoms with Crippen molar-refractivity contribution < 1.29 is 13.9 Å². The second-order valence-electron chi connectivity index (χ2n) is 8.04. The van der Waals surface area contributed by atoms with Gasteiger partial charge in [0.15, 0.2) is 5.13 Å². The number of carbonyl (C=O) groups is 1. The molecule has 170 valence electrons. The van der Waals surface area contributed by atoms with Crippen molar-refractivity contribution in [1.82, 2.24) is 4.98 Å². The predicted octanol–water partition coefficient (Wildman–Crippen LogP) is 6.40. The number of halogens is 1. The topological polar surface area (TPSA) is 72.6 Å². The van der Waals surface area contributed by atoms with Gasteiger partial charge in [-0.05, 0) is 50.5 Å². The highest BCUT2D eigenvalue weighted by Crippen LogP contribution is 2.35. The third kappa shape index (κ3) is 4.65. The fraction of sp³-hybridized carbons (Fsp3) is 0.240. The molecule has 0 saturated heterocycles. The average Bonchev–Trinajstić information content (AvgIpc) is 3.17. The lowest BCUT2D eigenvalue weighted by atomic mass is 10.0. The molecular formula is C25H23ClN2O4S. The van der Waals surface area contributed by atoms with E-state index in [-0.39, 0.29) is 12.5 Å². The normalized spacial score (nSPS) is 11.1. The van der Waals surface area contributed by atoms with E-state index in [4.69, 9.17) is 20.8 Å². The Kier molecular flexibility index (Phi) is 6.28. The molecule has 0 saturated carbocycles. The molecule has 0 aliphatic rings. The first-order chi connectivity index (χ1) is 15.6. The van der Waals surface area contributed by atoms with E-state index < -0.39 is 5.63 Å². The highest BCUT2D eigenvalue weighted by Gasteiger charge is 2.22. The molecule has 0 atom stereocenters. The predicted molar refractivity (Wildman–Crippen MR) is 132 cm³/mol. The first-order valence-electron chi connectivity index (χ1n) is 10.3. The third-order valence-electron chi connectivity index (χ3n) is 5.28. The first-order valence-corrected chi connectivity index (χ1v) is 11.6. The van der Waals surface area contributed by atoms with Gasteiger partial charge in [-0.15, -0.1) is 11.3 Å². The maximum Gasteiger partial charge on any atom is 0.336 e. The van der Waals surface area contributed by atoms with E-state index in [0.717, 1.165) is 33.3 Å². The minimum absolute atomic E-state index is 0.116. The summed E-state index contributed by atoms with van der Waals surface area (Å²) in [6.45, 7) is 9.52. The molecule has 0 aliphatic carbocycles. The van der Waals surface area contributed by atoms with Gasteiger partial charge in [-0.25, -0.2) is 9.78 Å². The van der Waals surface area contributed by atoms with Crippen LogP contribution in [0.3, 0.4) is 0 Å². The van der Waals surface area contributed by atoms with Gasteiger partial charge in [0.25, 0.3) is 0 Å². The zero-order valence-electron chi connectivity index (χ0n) is 19.0. The van der Waals surface area contributed by atoms with E-state index >= 15 is 0 Å². The first kappa shape index (κ1) is 23.0. The molecule has 4 rings (SSSR count). The van der Waals surface area contributed by atoms with Crippen LogP contribution < -0.4 is 15.3 Å². The highest BCUT2D eigenvalue weighted by molar-refractivity contribution is 7.14. The quantitative estimate of drug-likeness (QED) is 0.308. The van der Waals surface area contributed by atoms with Gasteiger partial charge in [0.1, 0.15) is 17.9 Å². The van der Waals surface area contributed by atoms with Crippen LogP contribution in [0.15, 0.2) is 44.9 Å². The number of thiazole rings is 1. The zero-order valence-corrected chi connectivity index (χ0v) is 20.6. The van der Waals surface area contributed by atoms with Gasteiger partial charge >= 0.3 is 5.63 Å². The molecule has 0 radical (unpaired) electrons. The molecule has 0 bridgehead atoms. The second-order valence-corrected chi connectivity index (χ2v) is 9.28. The maximum atomic E-state index is 12.6. The Labute approximate surface area is 200 Å². The van der Waals surface area contributed by atoms with Crippen LogP contribution in [0, 0.1) is 27.7 Å². The molecular weight excluding hydrogens is 460 g/mol. The third-order valence-corrected chi connectivity index (χ3v) is 6.45. The summed E-state index contributed by atoms with van der Waals surface area (Å²) in [5.41, 5.74) is 5.43. The lowest BCUT2D eigenvalue weighted by Crippen LogP contribution is -2.24. The number of hydrogen-bond acceptors (Lipinski definition) is 6. The number of nitrogens with zero attached hydrogens (tertiary/aromatic N) is 2. The van der Waals surface area contributed by atoms with Crippen molar-refractivity contribution in [3.8, 4) is 5.75 Å². The van der Waals surface area contributed by atoms with Crippen LogP contribution in [0.1, 0.15) is 34.9 Å². The van der Waals surface area contributed by atoms with Gasteiger partial charge in [-0.2, -0.15) is 0 Å². The smallest absolute Gasteiger partial charge is 0.336 e. The lowest BCUT2D eigenvalue weighted by molar-refractivity contribution is -0.115. The Morgan fingerprint density at radius 1 is 1.09 bits per heavy atom. The number of amides is 1. The van der Waals surface area contributed by atoms with E-state index in [0.29, 0.717) is 27.2 Å². The Morgan fingerprint density at radius 3 is 2.45 bits per heavy atom. The molecule has 0 N–H and O–H groups in total. The molecule has 33 heavy (non-hydrogen) atoms. The van der Waals surface area contributed by atoms with E-state index in [9.17, 15) is 9.59 Å². The van der Waals surface area contributed by atoms with Crippen LogP contribution in [0.25, 0.3) is 11.0 Å². The molecule has 4 aromatic rings. The fourth-order valence-corrected chi connectivity index (χ4v) is 5.04. The highest BCUT2D eigenvalue weighted by atomic mass is 35.5. The maximum absolute atomic E-state index is 12.6. The molecule has 0 unspecified atom stereocenters. The summed E-state index contributed by atoms with van der Waals surface area (Å²) in [6.07, 6.45) is 0. The lowest BCUT2D eigenvalue weighted by Gasteiger charge is -2.23.